The van der Waals surface area contributed by atoms with E-state index >= 15 is 0 Å². The lowest BCUT2D eigenvalue weighted by Gasteiger charge is -2.32. The number of likely N-dealkylation sites (tertiary alicyclic amines) is 1. The predicted octanol–water partition coefficient (Wildman–Crippen LogP) is 2.23. The summed E-state index contributed by atoms with van der Waals surface area (Å²) in [6, 6.07) is 10.6. The van der Waals surface area contributed by atoms with Gasteiger partial charge in [-0.3, -0.25) is 9.69 Å². The Morgan fingerprint density at radius 3 is 2.71 bits per heavy atom. The molecule has 1 saturated heterocycles. The number of piperidine rings is 1. The average molecular weight is 328 g/mol. The highest BCUT2D eigenvalue weighted by Gasteiger charge is 2.21. The molecule has 0 unspecified atom stereocenters. The van der Waals surface area contributed by atoms with Gasteiger partial charge in [0.15, 0.2) is 0 Å². The molecule has 1 aromatic heterocycles. The molecule has 0 atom stereocenters. The maximum atomic E-state index is 11.4. The van der Waals surface area contributed by atoms with Crippen LogP contribution < -0.4 is 5.32 Å². The van der Waals surface area contributed by atoms with Crippen LogP contribution in [0.3, 0.4) is 0 Å². The normalized spacial score (nSPS) is 16.1. The van der Waals surface area contributed by atoms with Crippen LogP contribution in [-0.2, 0) is 9.53 Å². The Morgan fingerprint density at radius 2 is 2.04 bits per heavy atom. The lowest BCUT2D eigenvalue weighted by molar-refractivity contribution is -0.142. The Kier molecular flexibility index (Phi) is 5.15. The standard InChI is InChI=1S/C18H24N4O2/c1-14-7-10-19-22(14)17-6-4-3-5-16(17)20-15-8-11-21(12-9-15)13-18(23)24-2/h3-7,10,15,20H,8-9,11-13H2,1-2H3. The first-order valence-corrected chi connectivity index (χ1v) is 8.33. The van der Waals surface area contributed by atoms with Gasteiger partial charge >= 0.3 is 5.97 Å². The fraction of sp³-hybridized carbons (Fsp3) is 0.444. The van der Waals surface area contributed by atoms with E-state index in [-0.39, 0.29) is 5.97 Å². The molecule has 1 aliphatic rings. The molecule has 0 aliphatic carbocycles. The van der Waals surface area contributed by atoms with Gasteiger partial charge in [-0.05, 0) is 38.0 Å². The van der Waals surface area contributed by atoms with E-state index in [0.717, 1.165) is 43.0 Å². The molecule has 0 spiro atoms. The molecule has 128 valence electrons. The fourth-order valence-electron chi connectivity index (χ4n) is 3.10. The van der Waals surface area contributed by atoms with Gasteiger partial charge in [-0.15, -0.1) is 0 Å². The number of aromatic nitrogens is 2. The summed E-state index contributed by atoms with van der Waals surface area (Å²) in [6.07, 6.45) is 3.82. The largest absolute Gasteiger partial charge is 0.468 e. The van der Waals surface area contributed by atoms with Crippen molar-refractivity contribution in [2.24, 2.45) is 0 Å². The molecule has 1 N–H and O–H groups in total. The second-order valence-corrected chi connectivity index (χ2v) is 6.17. The van der Waals surface area contributed by atoms with Crippen LogP contribution in [0.25, 0.3) is 5.69 Å². The molecule has 2 aromatic rings. The zero-order chi connectivity index (χ0) is 16.9. The van der Waals surface area contributed by atoms with Crippen LogP contribution in [0.15, 0.2) is 36.5 Å². The van der Waals surface area contributed by atoms with E-state index < -0.39 is 0 Å². The van der Waals surface area contributed by atoms with Crippen LogP contribution in [0, 0.1) is 6.92 Å². The molecule has 6 heteroatoms. The van der Waals surface area contributed by atoms with Gasteiger partial charge in [0, 0.05) is 31.0 Å². The topological polar surface area (TPSA) is 59.4 Å². The molecule has 2 heterocycles. The van der Waals surface area contributed by atoms with Crippen molar-refractivity contribution < 1.29 is 9.53 Å². The van der Waals surface area contributed by atoms with Gasteiger partial charge in [0.25, 0.3) is 0 Å². The molecular weight excluding hydrogens is 304 g/mol. The van der Waals surface area contributed by atoms with Gasteiger partial charge in [-0.25, -0.2) is 4.68 Å². The quantitative estimate of drug-likeness (QED) is 0.853. The van der Waals surface area contributed by atoms with Gasteiger partial charge in [-0.2, -0.15) is 5.10 Å². The highest BCUT2D eigenvalue weighted by Crippen LogP contribution is 2.24. The fourth-order valence-corrected chi connectivity index (χ4v) is 3.10. The number of ether oxygens (including phenoxy) is 1. The summed E-state index contributed by atoms with van der Waals surface area (Å²) in [7, 11) is 1.44. The number of hydrogen-bond donors (Lipinski definition) is 1. The van der Waals surface area contributed by atoms with Crippen molar-refractivity contribution in [3.05, 3.63) is 42.2 Å². The number of methoxy groups -OCH3 is 1. The molecule has 0 radical (unpaired) electrons. The zero-order valence-electron chi connectivity index (χ0n) is 14.2. The van der Waals surface area contributed by atoms with Crippen molar-refractivity contribution in [3.63, 3.8) is 0 Å². The van der Waals surface area contributed by atoms with E-state index in [2.05, 4.69) is 34.4 Å². The Balaban J connectivity index is 1.64. The van der Waals surface area contributed by atoms with Crippen molar-refractivity contribution in [3.8, 4) is 5.69 Å². The number of para-hydroxylation sites is 2. The number of nitrogens with one attached hydrogen (secondary N) is 1. The molecule has 0 amide bonds. The Bertz CT molecular complexity index is 690. The third-order valence-corrected chi connectivity index (χ3v) is 4.49. The minimum absolute atomic E-state index is 0.166. The van der Waals surface area contributed by atoms with Gasteiger partial charge < -0.3 is 10.1 Å². The third-order valence-electron chi connectivity index (χ3n) is 4.49. The lowest BCUT2D eigenvalue weighted by Crippen LogP contribution is -2.41. The van der Waals surface area contributed by atoms with E-state index in [1.54, 1.807) is 0 Å². The highest BCUT2D eigenvalue weighted by molar-refractivity contribution is 5.71. The van der Waals surface area contributed by atoms with Crippen molar-refractivity contribution in [2.45, 2.75) is 25.8 Å². The van der Waals surface area contributed by atoms with Crippen LogP contribution in [0.5, 0.6) is 0 Å². The Hall–Kier alpha value is -2.34. The minimum Gasteiger partial charge on any atom is -0.468 e. The molecule has 0 saturated carbocycles. The first kappa shape index (κ1) is 16.5. The SMILES string of the molecule is COC(=O)CN1CCC(Nc2ccccc2-n2nccc2C)CC1. The first-order chi connectivity index (χ1) is 11.7. The van der Waals surface area contributed by atoms with E-state index in [1.807, 2.05) is 29.1 Å². The highest BCUT2D eigenvalue weighted by atomic mass is 16.5. The second kappa shape index (κ2) is 7.49. The second-order valence-electron chi connectivity index (χ2n) is 6.17. The first-order valence-electron chi connectivity index (χ1n) is 8.33. The van der Waals surface area contributed by atoms with Gasteiger partial charge in [0.2, 0.25) is 0 Å². The number of esters is 1. The van der Waals surface area contributed by atoms with E-state index in [0.29, 0.717) is 12.6 Å². The van der Waals surface area contributed by atoms with Crippen molar-refractivity contribution in [1.82, 2.24) is 14.7 Å². The minimum atomic E-state index is -0.166. The molecule has 6 nitrogen and oxygen atoms in total. The van der Waals surface area contributed by atoms with E-state index in [1.165, 1.54) is 7.11 Å². The molecule has 1 aliphatic heterocycles. The monoisotopic (exact) mass is 328 g/mol. The number of carbonyl (C=O) groups excluding carboxylic acids is 1. The summed E-state index contributed by atoms with van der Waals surface area (Å²) in [4.78, 5) is 13.5. The molecule has 1 fully saturated rings. The van der Waals surface area contributed by atoms with Gasteiger partial charge in [0.05, 0.1) is 25.0 Å². The van der Waals surface area contributed by atoms with Crippen LogP contribution in [-0.4, -0.2) is 53.4 Å². The summed E-state index contributed by atoms with van der Waals surface area (Å²) in [5, 5.41) is 8.06. The molecule has 1 aromatic carbocycles. The third kappa shape index (κ3) is 3.76. The zero-order valence-corrected chi connectivity index (χ0v) is 14.2. The summed E-state index contributed by atoms with van der Waals surface area (Å²) < 4.78 is 6.69. The van der Waals surface area contributed by atoms with Crippen LogP contribution in [0.4, 0.5) is 5.69 Å². The molecular formula is C18H24N4O2. The van der Waals surface area contributed by atoms with Crippen molar-refractivity contribution in [2.75, 3.05) is 32.1 Å². The summed E-state index contributed by atoms with van der Waals surface area (Å²) in [5.41, 5.74) is 3.27. The number of anilines is 1. The van der Waals surface area contributed by atoms with Crippen molar-refractivity contribution in [1.29, 1.82) is 0 Å². The number of hydrogen-bond acceptors (Lipinski definition) is 5. The molecule has 24 heavy (non-hydrogen) atoms. The Morgan fingerprint density at radius 1 is 1.29 bits per heavy atom. The lowest BCUT2D eigenvalue weighted by atomic mass is 10.0. The number of aryl methyl sites for hydroxylation is 1. The van der Waals surface area contributed by atoms with Gasteiger partial charge in [0.1, 0.15) is 0 Å². The number of nitrogens with zero attached hydrogens (tertiary/aromatic N) is 3. The van der Waals surface area contributed by atoms with E-state index in [4.69, 9.17) is 4.74 Å². The van der Waals surface area contributed by atoms with Crippen LogP contribution in [0.1, 0.15) is 18.5 Å². The number of carbonyl (C=O) groups is 1. The molecule has 0 bridgehead atoms. The average Bonchev–Trinajstić information content (AvgIpc) is 3.03. The molecule has 3 rings (SSSR count). The van der Waals surface area contributed by atoms with Crippen LogP contribution in [0.2, 0.25) is 0 Å². The van der Waals surface area contributed by atoms with E-state index in [9.17, 15) is 4.79 Å². The Labute approximate surface area is 142 Å². The predicted molar refractivity (Wildman–Crippen MR) is 93.4 cm³/mol. The summed E-state index contributed by atoms with van der Waals surface area (Å²) in [5.74, 6) is -0.166. The maximum absolute atomic E-state index is 11.4. The number of benzene rings is 1. The van der Waals surface area contributed by atoms with Gasteiger partial charge in [-0.1, -0.05) is 12.1 Å². The number of rotatable bonds is 5. The summed E-state index contributed by atoms with van der Waals surface area (Å²) in [6.45, 7) is 4.23. The maximum Gasteiger partial charge on any atom is 0.319 e. The van der Waals surface area contributed by atoms with Crippen molar-refractivity contribution >= 4 is 11.7 Å². The van der Waals surface area contributed by atoms with Crippen LogP contribution >= 0.6 is 0 Å². The smallest absolute Gasteiger partial charge is 0.319 e. The summed E-state index contributed by atoms with van der Waals surface area (Å²) >= 11 is 0.